The Labute approximate surface area is 114 Å². The Bertz CT molecular complexity index is 559. The fourth-order valence-corrected chi connectivity index (χ4v) is 2.02. The molecule has 1 aromatic heterocycles. The van der Waals surface area contributed by atoms with Crippen molar-refractivity contribution < 1.29 is 0 Å². The second-order valence-corrected chi connectivity index (χ2v) is 5.21. The lowest BCUT2D eigenvalue weighted by molar-refractivity contribution is 1.09. The van der Waals surface area contributed by atoms with Crippen molar-refractivity contribution in [3.8, 4) is 11.4 Å². The van der Waals surface area contributed by atoms with Gasteiger partial charge in [0.25, 0.3) is 0 Å². The van der Waals surface area contributed by atoms with E-state index in [1.807, 2.05) is 13.8 Å². The minimum atomic E-state index is 0.452. The Morgan fingerprint density at radius 2 is 1.82 bits per heavy atom. The van der Waals surface area contributed by atoms with E-state index in [9.17, 15) is 0 Å². The molecule has 0 saturated heterocycles. The van der Waals surface area contributed by atoms with Crippen LogP contribution in [0.3, 0.4) is 0 Å². The summed E-state index contributed by atoms with van der Waals surface area (Å²) in [4.78, 5) is 8.78. The van der Waals surface area contributed by atoms with Crippen LogP contribution < -0.4 is 0 Å². The summed E-state index contributed by atoms with van der Waals surface area (Å²) in [6.07, 6.45) is 0. The number of aryl methyl sites for hydroxylation is 3. The second kappa shape index (κ2) is 4.75. The quantitative estimate of drug-likeness (QED) is 0.725. The third kappa shape index (κ3) is 2.50. The highest BCUT2D eigenvalue weighted by atomic mass is 79.9. The lowest BCUT2D eigenvalue weighted by atomic mass is 10.1. The van der Waals surface area contributed by atoms with Crippen LogP contribution in [0.25, 0.3) is 11.4 Å². The number of aromatic nitrogens is 2. The van der Waals surface area contributed by atoms with Crippen molar-refractivity contribution in [2.75, 3.05) is 0 Å². The molecule has 0 spiro atoms. The van der Waals surface area contributed by atoms with E-state index in [1.165, 1.54) is 5.56 Å². The summed E-state index contributed by atoms with van der Waals surface area (Å²) in [7, 11) is 0. The van der Waals surface area contributed by atoms with Gasteiger partial charge in [-0.3, -0.25) is 0 Å². The number of nitrogens with zero attached hydrogens (tertiary/aromatic N) is 2. The summed E-state index contributed by atoms with van der Waals surface area (Å²) in [6, 6.07) is 6.22. The van der Waals surface area contributed by atoms with E-state index in [4.69, 9.17) is 11.6 Å². The summed E-state index contributed by atoms with van der Waals surface area (Å²) in [6.45, 7) is 6.01. The first-order valence-electron chi connectivity index (χ1n) is 5.26. The number of hydrogen-bond donors (Lipinski definition) is 0. The highest BCUT2D eigenvalue weighted by Crippen LogP contribution is 2.28. The van der Waals surface area contributed by atoms with E-state index < -0.39 is 0 Å². The summed E-state index contributed by atoms with van der Waals surface area (Å²) in [5.41, 5.74) is 4.21. The Hall–Kier alpha value is -0.930. The molecule has 0 aliphatic heterocycles. The summed E-state index contributed by atoms with van der Waals surface area (Å²) >= 11 is 9.42. The molecule has 2 aromatic rings. The number of hydrogen-bond acceptors (Lipinski definition) is 2. The molecule has 0 fully saturated rings. The van der Waals surface area contributed by atoms with Crippen molar-refractivity contribution in [3.05, 3.63) is 44.6 Å². The normalized spacial score (nSPS) is 10.6. The highest BCUT2D eigenvalue weighted by Gasteiger charge is 2.11. The molecule has 0 unspecified atom stereocenters. The first-order valence-corrected chi connectivity index (χ1v) is 6.43. The maximum Gasteiger partial charge on any atom is 0.161 e. The first kappa shape index (κ1) is 12.5. The van der Waals surface area contributed by atoms with Gasteiger partial charge >= 0.3 is 0 Å². The molecule has 0 radical (unpaired) electrons. The Morgan fingerprint density at radius 3 is 2.47 bits per heavy atom. The van der Waals surface area contributed by atoms with Gasteiger partial charge in [-0.25, -0.2) is 9.97 Å². The molecule has 0 aliphatic carbocycles. The molecule has 2 rings (SSSR count). The molecule has 4 heteroatoms. The van der Waals surface area contributed by atoms with Crippen molar-refractivity contribution >= 4 is 27.5 Å². The molecule has 0 saturated carbocycles. The molecule has 88 valence electrons. The maximum absolute atomic E-state index is 6.06. The molecule has 1 heterocycles. The van der Waals surface area contributed by atoms with E-state index in [-0.39, 0.29) is 0 Å². The van der Waals surface area contributed by atoms with Gasteiger partial charge in [-0.15, -0.1) is 0 Å². The third-order valence-corrected chi connectivity index (χ3v) is 4.06. The number of halogens is 2. The van der Waals surface area contributed by atoms with Crippen LogP contribution in [0.5, 0.6) is 0 Å². The predicted octanol–water partition coefficient (Wildman–Crippen LogP) is 4.48. The van der Waals surface area contributed by atoms with E-state index in [0.717, 1.165) is 21.3 Å². The molecule has 0 amide bonds. The molecule has 1 aromatic carbocycles. The molecule has 0 atom stereocenters. The molecule has 2 nitrogen and oxygen atoms in total. The molecular formula is C13H12BrClN2. The third-order valence-electron chi connectivity index (χ3n) is 2.61. The van der Waals surface area contributed by atoms with Crippen molar-refractivity contribution in [1.82, 2.24) is 9.97 Å². The minimum Gasteiger partial charge on any atom is -0.232 e. The second-order valence-electron chi connectivity index (χ2n) is 4.06. The van der Waals surface area contributed by atoms with Crippen molar-refractivity contribution in [2.24, 2.45) is 0 Å². The van der Waals surface area contributed by atoms with Gasteiger partial charge in [0.2, 0.25) is 0 Å². The molecule has 0 aliphatic rings. The van der Waals surface area contributed by atoms with Gasteiger partial charge in [0.1, 0.15) is 5.15 Å². The van der Waals surface area contributed by atoms with Gasteiger partial charge in [-0.05, 0) is 48.3 Å². The van der Waals surface area contributed by atoms with E-state index in [0.29, 0.717) is 11.0 Å². The zero-order valence-electron chi connectivity index (χ0n) is 9.88. The van der Waals surface area contributed by atoms with Crippen molar-refractivity contribution in [3.63, 3.8) is 0 Å². The van der Waals surface area contributed by atoms with Crippen LogP contribution in [0.4, 0.5) is 0 Å². The van der Waals surface area contributed by atoms with Crippen molar-refractivity contribution in [1.29, 1.82) is 0 Å². The number of benzene rings is 1. The van der Waals surface area contributed by atoms with Crippen LogP contribution in [-0.4, -0.2) is 9.97 Å². The van der Waals surface area contributed by atoms with Gasteiger partial charge in [0, 0.05) is 5.56 Å². The standard InChI is InChI=1S/C13H12BrClN2/c1-7-4-5-8(2)10(6-7)13-16-9(3)11(14)12(15)17-13/h4-6H,1-3H3. The van der Waals surface area contributed by atoms with Crippen LogP contribution >= 0.6 is 27.5 Å². The zero-order valence-corrected chi connectivity index (χ0v) is 12.2. The van der Waals surface area contributed by atoms with Gasteiger partial charge < -0.3 is 0 Å². The molecule has 0 bridgehead atoms. The zero-order chi connectivity index (χ0) is 12.6. The maximum atomic E-state index is 6.06. The Kier molecular flexibility index (Phi) is 3.50. The number of rotatable bonds is 1. The lowest BCUT2D eigenvalue weighted by Gasteiger charge is -2.08. The van der Waals surface area contributed by atoms with Crippen LogP contribution in [0.15, 0.2) is 22.7 Å². The van der Waals surface area contributed by atoms with Gasteiger partial charge in [0.15, 0.2) is 5.82 Å². The van der Waals surface area contributed by atoms with Crippen molar-refractivity contribution in [2.45, 2.75) is 20.8 Å². The van der Waals surface area contributed by atoms with Crippen LogP contribution in [-0.2, 0) is 0 Å². The summed E-state index contributed by atoms with van der Waals surface area (Å²) < 4.78 is 0.758. The average Bonchev–Trinajstić information content (AvgIpc) is 2.28. The van der Waals surface area contributed by atoms with Gasteiger partial charge in [0.05, 0.1) is 10.2 Å². The largest absolute Gasteiger partial charge is 0.232 e. The predicted molar refractivity (Wildman–Crippen MR) is 74.4 cm³/mol. The fraction of sp³-hybridized carbons (Fsp3) is 0.231. The van der Waals surface area contributed by atoms with Gasteiger partial charge in [-0.1, -0.05) is 29.3 Å². The first-order chi connectivity index (χ1) is 7.99. The van der Waals surface area contributed by atoms with Gasteiger partial charge in [-0.2, -0.15) is 0 Å². The van der Waals surface area contributed by atoms with Crippen LogP contribution in [0.1, 0.15) is 16.8 Å². The van der Waals surface area contributed by atoms with E-state index in [1.54, 1.807) is 0 Å². The Morgan fingerprint density at radius 1 is 1.12 bits per heavy atom. The minimum absolute atomic E-state index is 0.452. The van der Waals surface area contributed by atoms with E-state index in [2.05, 4.69) is 51.0 Å². The molecular weight excluding hydrogens is 300 g/mol. The summed E-state index contributed by atoms with van der Waals surface area (Å²) in [5.74, 6) is 0.678. The van der Waals surface area contributed by atoms with Crippen LogP contribution in [0.2, 0.25) is 5.15 Å². The Balaban J connectivity index is 2.64. The lowest BCUT2D eigenvalue weighted by Crippen LogP contribution is -1.96. The smallest absolute Gasteiger partial charge is 0.161 e. The SMILES string of the molecule is Cc1ccc(C)c(-c2nc(C)c(Br)c(Cl)n2)c1. The fourth-order valence-electron chi connectivity index (χ4n) is 1.62. The monoisotopic (exact) mass is 310 g/mol. The highest BCUT2D eigenvalue weighted by molar-refractivity contribution is 9.10. The van der Waals surface area contributed by atoms with E-state index >= 15 is 0 Å². The molecule has 0 N–H and O–H groups in total. The molecule has 17 heavy (non-hydrogen) atoms. The summed E-state index contributed by atoms with van der Waals surface area (Å²) in [5, 5.41) is 0.452. The topological polar surface area (TPSA) is 25.8 Å². The van der Waals surface area contributed by atoms with Crippen LogP contribution in [0, 0.1) is 20.8 Å². The average molecular weight is 312 g/mol.